The molecule has 1 N–H and O–H groups in total. The highest BCUT2D eigenvalue weighted by molar-refractivity contribution is 6.75. The van der Waals surface area contributed by atoms with E-state index in [9.17, 15) is 5.11 Å². The molecule has 6 heteroatoms. The van der Waals surface area contributed by atoms with E-state index in [2.05, 4.69) is 62.3 Å². The van der Waals surface area contributed by atoms with Crippen molar-refractivity contribution in [2.45, 2.75) is 91.9 Å². The third kappa shape index (κ3) is 3.92. The van der Waals surface area contributed by atoms with Crippen LogP contribution in [-0.2, 0) is 14.0 Å². The first kappa shape index (κ1) is 22.5. The van der Waals surface area contributed by atoms with Crippen molar-refractivity contribution >= 4 is 19.5 Å². The van der Waals surface area contributed by atoms with Gasteiger partial charge in [0, 0.05) is 0 Å². The highest BCUT2D eigenvalue weighted by atomic mass is 16.7. The molecule has 29 heavy (non-hydrogen) atoms. The van der Waals surface area contributed by atoms with Crippen LogP contribution in [0.1, 0.15) is 74.3 Å². The lowest BCUT2D eigenvalue weighted by molar-refractivity contribution is 0.00578. The number of phenols is 1. The first-order chi connectivity index (χ1) is 13.2. The molecule has 158 valence electrons. The second kappa shape index (κ2) is 7.18. The lowest BCUT2D eigenvalue weighted by Gasteiger charge is -2.34. The second-order valence-electron chi connectivity index (χ2n) is 10.6. The summed E-state index contributed by atoms with van der Waals surface area (Å²) in [7, 11) is -0.477. The molecule has 3 rings (SSSR count). The first-order valence-electron chi connectivity index (χ1n) is 10.8. The molecule has 0 spiro atoms. The average Bonchev–Trinajstić information content (AvgIpc) is 2.92. The van der Waals surface area contributed by atoms with E-state index in [0.29, 0.717) is 0 Å². The molecule has 0 aliphatic carbocycles. The lowest BCUT2D eigenvalue weighted by Crippen LogP contribution is -2.41. The van der Waals surface area contributed by atoms with Crippen LogP contribution >= 0.6 is 0 Å². The summed E-state index contributed by atoms with van der Waals surface area (Å²) in [5.41, 5.74) is 2.26. The van der Waals surface area contributed by atoms with Crippen molar-refractivity contribution in [3.63, 3.8) is 0 Å². The predicted octanol–water partition coefficient (Wildman–Crippen LogP) is 5.55. The van der Waals surface area contributed by atoms with Crippen molar-refractivity contribution in [3.05, 3.63) is 35.3 Å². The molecule has 2 aliphatic rings. The maximum atomic E-state index is 9.81. The highest BCUT2D eigenvalue weighted by Crippen LogP contribution is 2.49. The van der Waals surface area contributed by atoms with E-state index in [-0.39, 0.29) is 23.7 Å². The second-order valence-corrected chi connectivity index (χ2v) is 10.6. The van der Waals surface area contributed by atoms with Gasteiger partial charge in [-0.25, -0.2) is 0 Å². The maximum absolute atomic E-state index is 9.81. The fourth-order valence-electron chi connectivity index (χ4n) is 4.13. The monoisotopic (exact) mass is 398 g/mol. The van der Waals surface area contributed by atoms with Gasteiger partial charge in [-0.3, -0.25) is 0 Å². The van der Waals surface area contributed by atoms with Crippen molar-refractivity contribution in [2.24, 2.45) is 5.41 Å². The van der Waals surface area contributed by atoms with Crippen molar-refractivity contribution in [3.8, 4) is 5.75 Å². The average molecular weight is 398 g/mol. The first-order valence-corrected chi connectivity index (χ1v) is 10.8. The van der Waals surface area contributed by atoms with Gasteiger partial charge in [0.25, 0.3) is 0 Å². The number of benzene rings is 1. The van der Waals surface area contributed by atoms with Crippen LogP contribution in [-0.4, -0.2) is 35.9 Å². The SMILES string of the molecule is CC/C(B1CC(C)(C)C(C)(C)O1)=C(/B1OC(C)(C)C(C)(C)O1)c1ccc(O)cc1. The smallest absolute Gasteiger partial charge is 0.494 e. The maximum Gasteiger partial charge on any atom is 0.494 e. The van der Waals surface area contributed by atoms with Gasteiger partial charge in [-0.1, -0.05) is 38.4 Å². The van der Waals surface area contributed by atoms with Gasteiger partial charge in [0.2, 0.25) is 0 Å². The van der Waals surface area contributed by atoms with Gasteiger partial charge in [0.05, 0.1) is 16.8 Å². The molecule has 0 aromatic heterocycles. The van der Waals surface area contributed by atoms with Gasteiger partial charge >= 0.3 is 14.0 Å². The van der Waals surface area contributed by atoms with Crippen LogP contribution in [0.4, 0.5) is 0 Å². The molecule has 0 saturated carbocycles. The molecule has 0 unspecified atom stereocenters. The Morgan fingerprint density at radius 1 is 0.862 bits per heavy atom. The summed E-state index contributed by atoms with van der Waals surface area (Å²) in [5.74, 6) is 0.249. The predicted molar refractivity (Wildman–Crippen MR) is 121 cm³/mol. The molecule has 0 amide bonds. The van der Waals surface area contributed by atoms with E-state index in [4.69, 9.17) is 14.0 Å². The van der Waals surface area contributed by atoms with Gasteiger partial charge in [0.15, 0.2) is 0 Å². The van der Waals surface area contributed by atoms with Crippen LogP contribution in [0, 0.1) is 5.41 Å². The molecule has 2 heterocycles. The van der Waals surface area contributed by atoms with Crippen LogP contribution in [0.2, 0.25) is 6.32 Å². The van der Waals surface area contributed by atoms with Crippen LogP contribution in [0.3, 0.4) is 0 Å². The largest absolute Gasteiger partial charge is 0.508 e. The molecular formula is C23H36B2O4. The van der Waals surface area contributed by atoms with Crippen LogP contribution in [0.5, 0.6) is 5.75 Å². The van der Waals surface area contributed by atoms with E-state index in [1.807, 2.05) is 12.1 Å². The minimum atomic E-state index is -0.477. The summed E-state index contributed by atoms with van der Waals surface area (Å²) in [6, 6.07) is 7.32. The third-order valence-electron chi connectivity index (χ3n) is 7.55. The molecule has 1 aromatic carbocycles. The normalized spacial score (nSPS) is 25.3. The third-order valence-corrected chi connectivity index (χ3v) is 7.55. The molecule has 1 aromatic rings. The molecule has 0 bridgehead atoms. The molecular weight excluding hydrogens is 362 g/mol. The minimum Gasteiger partial charge on any atom is -0.508 e. The fraction of sp³-hybridized carbons (Fsp3) is 0.652. The number of hydrogen-bond donors (Lipinski definition) is 1. The summed E-state index contributed by atoms with van der Waals surface area (Å²) >= 11 is 0. The summed E-state index contributed by atoms with van der Waals surface area (Å²) in [6.45, 7) is 19.4. The van der Waals surface area contributed by atoms with Gasteiger partial charge in [0.1, 0.15) is 5.75 Å². The molecule has 2 aliphatic heterocycles. The Morgan fingerprint density at radius 2 is 1.38 bits per heavy atom. The Balaban J connectivity index is 2.13. The van der Waals surface area contributed by atoms with Gasteiger partial charge in [-0.2, -0.15) is 0 Å². The summed E-state index contributed by atoms with van der Waals surface area (Å²) in [5, 5.41) is 9.81. The van der Waals surface area contributed by atoms with Crippen molar-refractivity contribution in [2.75, 3.05) is 0 Å². The zero-order valence-electron chi connectivity index (χ0n) is 19.6. The fourth-order valence-corrected chi connectivity index (χ4v) is 4.13. The topological polar surface area (TPSA) is 47.9 Å². The van der Waals surface area contributed by atoms with E-state index in [0.717, 1.165) is 23.8 Å². The van der Waals surface area contributed by atoms with Crippen LogP contribution in [0.25, 0.3) is 5.47 Å². The molecule has 0 atom stereocenters. The van der Waals surface area contributed by atoms with E-state index >= 15 is 0 Å². The van der Waals surface area contributed by atoms with E-state index in [1.165, 1.54) is 5.47 Å². The summed E-state index contributed by atoms with van der Waals surface area (Å²) in [6.07, 6.45) is 1.79. The van der Waals surface area contributed by atoms with Gasteiger partial charge in [-0.15, -0.1) is 0 Å². The Kier molecular flexibility index (Phi) is 5.56. The number of aromatic hydroxyl groups is 1. The van der Waals surface area contributed by atoms with Crippen molar-refractivity contribution < 1.29 is 19.1 Å². The van der Waals surface area contributed by atoms with E-state index in [1.54, 1.807) is 12.1 Å². The van der Waals surface area contributed by atoms with Gasteiger partial charge in [-0.05, 0) is 82.9 Å². The Hall–Kier alpha value is -1.23. The van der Waals surface area contributed by atoms with Crippen LogP contribution < -0.4 is 0 Å². The lowest BCUT2D eigenvalue weighted by atomic mass is 9.48. The van der Waals surface area contributed by atoms with Gasteiger partial charge < -0.3 is 19.1 Å². The number of rotatable bonds is 4. The summed E-state index contributed by atoms with van der Waals surface area (Å²) in [4.78, 5) is 0. The Bertz CT molecular complexity index is 762. The van der Waals surface area contributed by atoms with Crippen LogP contribution in [0.15, 0.2) is 29.7 Å². The summed E-state index contributed by atoms with van der Waals surface area (Å²) < 4.78 is 19.5. The molecule has 0 radical (unpaired) electrons. The molecule has 2 saturated heterocycles. The zero-order chi connectivity index (χ0) is 21.8. The highest BCUT2D eigenvalue weighted by Gasteiger charge is 2.55. The van der Waals surface area contributed by atoms with Crippen molar-refractivity contribution in [1.82, 2.24) is 0 Å². The number of phenolic OH excluding ortho intramolecular Hbond substituents is 1. The van der Waals surface area contributed by atoms with E-state index < -0.39 is 18.3 Å². The number of hydrogen-bond acceptors (Lipinski definition) is 4. The molecule has 2 fully saturated rings. The number of allylic oxidation sites excluding steroid dienone is 1. The standard InChI is InChI=1S/C23H36B2O4/c1-10-18(24-15-20(2,3)21(4,5)27-24)19(16-11-13-17(26)14-12-16)25-28-22(6,7)23(8,9)29-25/h11-14,26H,10,15H2,1-9H3/b19-18-. The molecule has 4 nitrogen and oxygen atoms in total. The zero-order valence-corrected chi connectivity index (χ0v) is 19.6. The minimum absolute atomic E-state index is 0.00725. The van der Waals surface area contributed by atoms with Crippen molar-refractivity contribution in [1.29, 1.82) is 0 Å². The Labute approximate surface area is 177 Å². The Morgan fingerprint density at radius 3 is 1.79 bits per heavy atom. The quantitative estimate of drug-likeness (QED) is 0.676.